The summed E-state index contributed by atoms with van der Waals surface area (Å²) in [5.74, 6) is 0.583. The van der Waals surface area contributed by atoms with E-state index in [9.17, 15) is 4.79 Å². The summed E-state index contributed by atoms with van der Waals surface area (Å²) >= 11 is 4.99. The standard InChI is InChI=1S/C12H18BrNOS/c1-3-10-4-5-11(16-10)12(15)14-8-9(2)6-7-13/h4-5,9H,3,6-8H2,1-2H3,(H,14,15). The highest BCUT2D eigenvalue weighted by atomic mass is 79.9. The number of hydrogen-bond donors (Lipinski definition) is 1. The molecular weight excluding hydrogens is 286 g/mol. The fourth-order valence-corrected chi connectivity index (χ4v) is 2.98. The maximum atomic E-state index is 11.8. The van der Waals surface area contributed by atoms with E-state index in [0.717, 1.165) is 29.6 Å². The van der Waals surface area contributed by atoms with E-state index < -0.39 is 0 Å². The van der Waals surface area contributed by atoms with Crippen LogP contribution in [0.5, 0.6) is 0 Å². The van der Waals surface area contributed by atoms with E-state index in [0.29, 0.717) is 5.92 Å². The van der Waals surface area contributed by atoms with Gasteiger partial charge in [-0.15, -0.1) is 11.3 Å². The van der Waals surface area contributed by atoms with Crippen LogP contribution in [0.4, 0.5) is 0 Å². The first-order valence-electron chi connectivity index (χ1n) is 5.60. The van der Waals surface area contributed by atoms with E-state index in [1.54, 1.807) is 11.3 Å². The third-order valence-corrected chi connectivity index (χ3v) is 4.13. The summed E-state index contributed by atoms with van der Waals surface area (Å²) in [6.07, 6.45) is 2.09. The minimum absolute atomic E-state index is 0.0612. The van der Waals surface area contributed by atoms with E-state index in [1.807, 2.05) is 12.1 Å². The van der Waals surface area contributed by atoms with E-state index in [1.165, 1.54) is 4.88 Å². The van der Waals surface area contributed by atoms with Crippen LogP contribution in [0.15, 0.2) is 12.1 Å². The van der Waals surface area contributed by atoms with Crippen LogP contribution in [0.2, 0.25) is 0 Å². The maximum absolute atomic E-state index is 11.8. The molecule has 4 heteroatoms. The van der Waals surface area contributed by atoms with Gasteiger partial charge in [-0.2, -0.15) is 0 Å². The highest BCUT2D eigenvalue weighted by Gasteiger charge is 2.09. The van der Waals surface area contributed by atoms with Crippen molar-refractivity contribution in [1.29, 1.82) is 0 Å². The Morgan fingerprint density at radius 1 is 1.56 bits per heavy atom. The maximum Gasteiger partial charge on any atom is 0.261 e. The monoisotopic (exact) mass is 303 g/mol. The van der Waals surface area contributed by atoms with Gasteiger partial charge in [-0.1, -0.05) is 29.8 Å². The largest absolute Gasteiger partial charge is 0.351 e. The molecule has 1 atom stereocenters. The van der Waals surface area contributed by atoms with Gasteiger partial charge in [0, 0.05) is 16.8 Å². The van der Waals surface area contributed by atoms with Crippen LogP contribution in [0.25, 0.3) is 0 Å². The van der Waals surface area contributed by atoms with Gasteiger partial charge in [0.1, 0.15) is 0 Å². The van der Waals surface area contributed by atoms with Gasteiger partial charge in [-0.25, -0.2) is 0 Å². The molecule has 0 radical (unpaired) electrons. The zero-order valence-electron chi connectivity index (χ0n) is 9.75. The Morgan fingerprint density at radius 2 is 2.31 bits per heavy atom. The fourth-order valence-electron chi connectivity index (χ4n) is 1.33. The van der Waals surface area contributed by atoms with Gasteiger partial charge in [0.2, 0.25) is 0 Å². The van der Waals surface area contributed by atoms with E-state index in [4.69, 9.17) is 0 Å². The molecule has 1 heterocycles. The summed E-state index contributed by atoms with van der Waals surface area (Å²) in [5, 5.41) is 3.96. The lowest BCUT2D eigenvalue weighted by molar-refractivity contribution is 0.0952. The summed E-state index contributed by atoms with van der Waals surface area (Å²) in [6, 6.07) is 3.94. The average molecular weight is 304 g/mol. The molecule has 0 saturated heterocycles. The number of rotatable bonds is 6. The molecule has 0 bridgehead atoms. The Morgan fingerprint density at radius 3 is 2.88 bits per heavy atom. The highest BCUT2D eigenvalue weighted by Crippen LogP contribution is 2.16. The molecule has 0 aromatic carbocycles. The Hall–Kier alpha value is -0.350. The lowest BCUT2D eigenvalue weighted by atomic mass is 10.1. The molecule has 0 aliphatic rings. The molecule has 1 aromatic heterocycles. The van der Waals surface area contributed by atoms with Crippen molar-refractivity contribution in [2.45, 2.75) is 26.7 Å². The molecule has 16 heavy (non-hydrogen) atoms. The van der Waals surface area contributed by atoms with E-state index in [-0.39, 0.29) is 5.91 Å². The van der Waals surface area contributed by atoms with Crippen molar-refractivity contribution in [3.63, 3.8) is 0 Å². The first-order chi connectivity index (χ1) is 7.67. The minimum atomic E-state index is 0.0612. The van der Waals surface area contributed by atoms with Gasteiger partial charge in [0.05, 0.1) is 4.88 Å². The van der Waals surface area contributed by atoms with Crippen molar-refractivity contribution in [2.75, 3.05) is 11.9 Å². The van der Waals surface area contributed by atoms with Crippen molar-refractivity contribution in [3.8, 4) is 0 Å². The lowest BCUT2D eigenvalue weighted by Gasteiger charge is -2.10. The number of carbonyl (C=O) groups is 1. The van der Waals surface area contributed by atoms with Gasteiger partial charge in [0.25, 0.3) is 5.91 Å². The number of hydrogen-bond acceptors (Lipinski definition) is 2. The number of alkyl halides is 1. The Kier molecular flexibility index (Phi) is 6.06. The second-order valence-electron chi connectivity index (χ2n) is 3.91. The second-order valence-corrected chi connectivity index (χ2v) is 5.87. The Bertz CT molecular complexity index is 338. The molecule has 0 aliphatic heterocycles. The number of aryl methyl sites for hydroxylation is 1. The minimum Gasteiger partial charge on any atom is -0.351 e. The van der Waals surface area contributed by atoms with Crippen molar-refractivity contribution < 1.29 is 4.79 Å². The predicted molar refractivity (Wildman–Crippen MR) is 73.6 cm³/mol. The van der Waals surface area contributed by atoms with Crippen LogP contribution in [0.1, 0.15) is 34.8 Å². The molecule has 0 fully saturated rings. The van der Waals surface area contributed by atoms with Gasteiger partial charge < -0.3 is 5.32 Å². The molecule has 1 N–H and O–H groups in total. The molecule has 0 aliphatic carbocycles. The van der Waals surface area contributed by atoms with Crippen molar-refractivity contribution in [3.05, 3.63) is 21.9 Å². The summed E-state index contributed by atoms with van der Waals surface area (Å²) in [6.45, 7) is 5.00. The molecule has 1 unspecified atom stereocenters. The van der Waals surface area contributed by atoms with Gasteiger partial charge in [0.15, 0.2) is 0 Å². The molecule has 90 valence electrons. The SMILES string of the molecule is CCc1ccc(C(=O)NCC(C)CCBr)s1. The fraction of sp³-hybridized carbons (Fsp3) is 0.583. The van der Waals surface area contributed by atoms with Crippen LogP contribution in [-0.4, -0.2) is 17.8 Å². The van der Waals surface area contributed by atoms with Crippen LogP contribution < -0.4 is 5.32 Å². The molecule has 2 nitrogen and oxygen atoms in total. The number of amides is 1. The normalized spacial score (nSPS) is 12.4. The summed E-state index contributed by atoms with van der Waals surface area (Å²) in [4.78, 5) is 13.9. The van der Waals surface area contributed by atoms with Crippen LogP contribution >= 0.6 is 27.3 Å². The summed E-state index contributed by atoms with van der Waals surface area (Å²) in [7, 11) is 0. The number of thiophene rings is 1. The number of carbonyl (C=O) groups excluding carboxylic acids is 1. The van der Waals surface area contributed by atoms with Crippen molar-refractivity contribution in [2.24, 2.45) is 5.92 Å². The van der Waals surface area contributed by atoms with Crippen LogP contribution in [-0.2, 0) is 6.42 Å². The third-order valence-electron chi connectivity index (χ3n) is 2.45. The lowest BCUT2D eigenvalue weighted by Crippen LogP contribution is -2.27. The highest BCUT2D eigenvalue weighted by molar-refractivity contribution is 9.09. The number of nitrogens with one attached hydrogen (secondary N) is 1. The zero-order chi connectivity index (χ0) is 12.0. The first kappa shape index (κ1) is 13.7. The average Bonchev–Trinajstić information content (AvgIpc) is 2.75. The smallest absolute Gasteiger partial charge is 0.261 e. The molecular formula is C12H18BrNOS. The summed E-state index contributed by atoms with van der Waals surface area (Å²) < 4.78 is 0. The van der Waals surface area contributed by atoms with Gasteiger partial charge >= 0.3 is 0 Å². The molecule has 1 rings (SSSR count). The van der Waals surface area contributed by atoms with Gasteiger partial charge in [-0.3, -0.25) is 4.79 Å². The molecule has 0 spiro atoms. The number of halogens is 1. The topological polar surface area (TPSA) is 29.1 Å². The van der Waals surface area contributed by atoms with Crippen LogP contribution in [0.3, 0.4) is 0 Å². The summed E-state index contributed by atoms with van der Waals surface area (Å²) in [5.41, 5.74) is 0. The molecule has 1 amide bonds. The second kappa shape index (κ2) is 7.07. The van der Waals surface area contributed by atoms with E-state index in [2.05, 4.69) is 35.1 Å². The zero-order valence-corrected chi connectivity index (χ0v) is 12.2. The first-order valence-corrected chi connectivity index (χ1v) is 7.54. The molecule has 0 saturated carbocycles. The van der Waals surface area contributed by atoms with Gasteiger partial charge in [-0.05, 0) is 30.9 Å². The van der Waals surface area contributed by atoms with E-state index >= 15 is 0 Å². The van der Waals surface area contributed by atoms with Crippen molar-refractivity contribution in [1.82, 2.24) is 5.32 Å². The molecule has 1 aromatic rings. The third kappa shape index (κ3) is 4.26. The quantitative estimate of drug-likeness (QED) is 0.801. The Labute approximate surface area is 110 Å². The Balaban J connectivity index is 2.40. The van der Waals surface area contributed by atoms with Crippen LogP contribution in [0, 0.1) is 5.92 Å². The predicted octanol–water partition coefficient (Wildman–Crippen LogP) is 3.46. The van der Waals surface area contributed by atoms with Crippen molar-refractivity contribution >= 4 is 33.2 Å².